The Morgan fingerprint density at radius 1 is 1.26 bits per heavy atom. The number of aryl methyl sites for hydroxylation is 2. The Morgan fingerprint density at radius 2 is 1.96 bits per heavy atom. The molecule has 3 rings (SSSR count). The minimum Gasteiger partial charge on any atom is -0.481 e. The lowest BCUT2D eigenvalue weighted by molar-refractivity contribution is -0.142. The summed E-state index contributed by atoms with van der Waals surface area (Å²) in [5, 5.41) is 16.5. The SMILES string of the molecule is Cc1cc(C(=O)NC2CCC(C(=O)O)CC2)c2c(C)noc2n1. The fourth-order valence-electron chi connectivity index (χ4n) is 3.14. The van der Waals surface area contributed by atoms with Crippen molar-refractivity contribution in [1.29, 1.82) is 0 Å². The molecule has 2 heterocycles. The molecule has 1 saturated carbocycles. The molecule has 1 fully saturated rings. The van der Waals surface area contributed by atoms with Crippen LogP contribution in [0.5, 0.6) is 0 Å². The van der Waals surface area contributed by atoms with Crippen LogP contribution in [0.1, 0.15) is 47.4 Å². The van der Waals surface area contributed by atoms with Gasteiger partial charge in [-0.15, -0.1) is 0 Å². The molecule has 1 aliphatic carbocycles. The first-order valence-electron chi connectivity index (χ1n) is 7.73. The van der Waals surface area contributed by atoms with E-state index in [0.717, 1.165) is 0 Å². The largest absolute Gasteiger partial charge is 0.481 e. The maximum atomic E-state index is 12.6. The number of nitrogens with zero attached hydrogens (tertiary/aromatic N) is 2. The minimum atomic E-state index is -0.749. The second-order valence-corrected chi connectivity index (χ2v) is 6.12. The van der Waals surface area contributed by atoms with Crippen molar-refractivity contribution in [3.05, 3.63) is 23.0 Å². The van der Waals surface area contributed by atoms with Crippen LogP contribution in [0.2, 0.25) is 0 Å². The summed E-state index contributed by atoms with van der Waals surface area (Å²) < 4.78 is 5.14. The van der Waals surface area contributed by atoms with Gasteiger partial charge in [0, 0.05) is 11.7 Å². The van der Waals surface area contributed by atoms with Crippen LogP contribution in [0.3, 0.4) is 0 Å². The number of carbonyl (C=O) groups is 2. The average Bonchev–Trinajstić information content (AvgIpc) is 2.88. The van der Waals surface area contributed by atoms with Crippen molar-refractivity contribution in [3.8, 4) is 0 Å². The number of nitrogens with one attached hydrogen (secondary N) is 1. The van der Waals surface area contributed by atoms with E-state index in [1.165, 1.54) is 0 Å². The lowest BCUT2D eigenvalue weighted by Crippen LogP contribution is -2.38. The summed E-state index contributed by atoms with van der Waals surface area (Å²) in [5.41, 5.74) is 2.19. The van der Waals surface area contributed by atoms with Gasteiger partial charge in [0.05, 0.1) is 22.6 Å². The van der Waals surface area contributed by atoms with E-state index in [2.05, 4.69) is 15.5 Å². The van der Waals surface area contributed by atoms with Crippen molar-refractivity contribution in [2.75, 3.05) is 0 Å². The van der Waals surface area contributed by atoms with Crippen LogP contribution >= 0.6 is 0 Å². The summed E-state index contributed by atoms with van der Waals surface area (Å²) in [7, 11) is 0. The summed E-state index contributed by atoms with van der Waals surface area (Å²) in [6, 6.07) is 1.73. The Hall–Kier alpha value is -2.44. The second kappa shape index (κ2) is 5.98. The van der Waals surface area contributed by atoms with Crippen LogP contribution in [-0.4, -0.2) is 33.2 Å². The molecule has 0 saturated heterocycles. The van der Waals surface area contributed by atoms with Gasteiger partial charge in [0.1, 0.15) is 0 Å². The van der Waals surface area contributed by atoms with E-state index in [-0.39, 0.29) is 17.9 Å². The predicted molar refractivity (Wildman–Crippen MR) is 82.1 cm³/mol. The number of hydrogen-bond donors (Lipinski definition) is 2. The third-order valence-corrected chi connectivity index (χ3v) is 4.40. The van der Waals surface area contributed by atoms with Crippen LogP contribution < -0.4 is 5.32 Å². The van der Waals surface area contributed by atoms with Crippen molar-refractivity contribution in [2.24, 2.45) is 5.92 Å². The van der Waals surface area contributed by atoms with E-state index in [1.807, 2.05) is 0 Å². The van der Waals surface area contributed by atoms with Gasteiger partial charge in [0.2, 0.25) is 0 Å². The lowest BCUT2D eigenvalue weighted by atomic mass is 9.86. The molecule has 7 heteroatoms. The number of aliphatic carboxylic acids is 1. The maximum absolute atomic E-state index is 12.6. The maximum Gasteiger partial charge on any atom is 0.306 e. The third kappa shape index (κ3) is 3.04. The molecule has 7 nitrogen and oxygen atoms in total. The zero-order valence-corrected chi connectivity index (χ0v) is 13.1. The molecule has 2 aromatic rings. The van der Waals surface area contributed by atoms with Gasteiger partial charge in [-0.3, -0.25) is 9.59 Å². The number of amides is 1. The zero-order valence-electron chi connectivity index (χ0n) is 13.1. The highest BCUT2D eigenvalue weighted by molar-refractivity contribution is 6.06. The first kappa shape index (κ1) is 15.5. The summed E-state index contributed by atoms with van der Waals surface area (Å²) in [6.45, 7) is 3.57. The Morgan fingerprint density at radius 3 is 2.61 bits per heavy atom. The number of carbonyl (C=O) groups excluding carboxylic acids is 1. The van der Waals surface area contributed by atoms with Crippen LogP contribution in [0.25, 0.3) is 11.1 Å². The molecule has 0 spiro atoms. The molecule has 0 atom stereocenters. The topological polar surface area (TPSA) is 105 Å². The number of hydrogen-bond acceptors (Lipinski definition) is 5. The van der Waals surface area contributed by atoms with Crippen molar-refractivity contribution in [1.82, 2.24) is 15.5 Å². The highest BCUT2D eigenvalue weighted by Gasteiger charge is 2.27. The molecule has 2 aromatic heterocycles. The number of carboxylic acids is 1. The Balaban J connectivity index is 1.77. The quantitative estimate of drug-likeness (QED) is 0.899. The fraction of sp³-hybridized carbons (Fsp3) is 0.500. The van der Waals surface area contributed by atoms with Crippen molar-refractivity contribution >= 4 is 23.0 Å². The second-order valence-electron chi connectivity index (χ2n) is 6.12. The molecule has 0 aliphatic heterocycles. The number of rotatable bonds is 3. The van der Waals surface area contributed by atoms with Gasteiger partial charge in [0.25, 0.3) is 11.6 Å². The normalized spacial score (nSPS) is 21.3. The molecule has 0 unspecified atom stereocenters. The highest BCUT2D eigenvalue weighted by atomic mass is 16.5. The average molecular weight is 317 g/mol. The van der Waals surface area contributed by atoms with Gasteiger partial charge < -0.3 is 14.9 Å². The third-order valence-electron chi connectivity index (χ3n) is 4.40. The van der Waals surface area contributed by atoms with E-state index in [4.69, 9.17) is 9.63 Å². The summed E-state index contributed by atoms with van der Waals surface area (Å²) in [5.74, 6) is -1.23. The molecular weight excluding hydrogens is 298 g/mol. The minimum absolute atomic E-state index is 0.00166. The number of aromatic nitrogens is 2. The van der Waals surface area contributed by atoms with Gasteiger partial charge in [-0.05, 0) is 45.6 Å². The molecule has 1 aliphatic rings. The van der Waals surface area contributed by atoms with Crippen LogP contribution in [-0.2, 0) is 4.79 Å². The van der Waals surface area contributed by atoms with Gasteiger partial charge in [0.15, 0.2) is 0 Å². The van der Waals surface area contributed by atoms with E-state index in [1.54, 1.807) is 19.9 Å². The number of pyridine rings is 1. The summed E-state index contributed by atoms with van der Waals surface area (Å²) in [4.78, 5) is 27.8. The molecule has 122 valence electrons. The molecule has 1 amide bonds. The molecule has 2 N–H and O–H groups in total. The van der Waals surface area contributed by atoms with Gasteiger partial charge >= 0.3 is 5.97 Å². The van der Waals surface area contributed by atoms with Crippen molar-refractivity contribution < 1.29 is 19.2 Å². The van der Waals surface area contributed by atoms with E-state index >= 15 is 0 Å². The standard InChI is InChI=1S/C16H19N3O4/c1-8-7-12(13-9(2)19-23-15(13)17-8)14(20)18-11-5-3-10(4-6-11)16(21)22/h7,10-11H,3-6H2,1-2H3,(H,18,20)(H,21,22). The van der Waals surface area contributed by atoms with Crippen LogP contribution in [0.15, 0.2) is 10.6 Å². The number of carboxylic acid groups (broad SMARTS) is 1. The smallest absolute Gasteiger partial charge is 0.306 e. The van der Waals surface area contributed by atoms with E-state index in [9.17, 15) is 9.59 Å². The summed E-state index contributed by atoms with van der Waals surface area (Å²) in [6.07, 6.45) is 2.55. The molecule has 0 radical (unpaired) electrons. The Kier molecular flexibility index (Phi) is 4.02. The monoisotopic (exact) mass is 317 g/mol. The molecule has 0 bridgehead atoms. The van der Waals surface area contributed by atoms with Crippen molar-refractivity contribution in [2.45, 2.75) is 45.6 Å². The van der Waals surface area contributed by atoms with E-state index in [0.29, 0.717) is 53.7 Å². The first-order valence-corrected chi connectivity index (χ1v) is 7.73. The predicted octanol–water partition coefficient (Wildman–Crippen LogP) is 2.21. The zero-order chi connectivity index (χ0) is 16.6. The van der Waals surface area contributed by atoms with Gasteiger partial charge in [-0.2, -0.15) is 0 Å². The highest BCUT2D eigenvalue weighted by Crippen LogP contribution is 2.26. The molecular formula is C16H19N3O4. The van der Waals surface area contributed by atoms with Crippen LogP contribution in [0.4, 0.5) is 0 Å². The van der Waals surface area contributed by atoms with Crippen LogP contribution in [0, 0.1) is 19.8 Å². The molecule has 0 aromatic carbocycles. The number of fused-ring (bicyclic) bond motifs is 1. The molecule has 23 heavy (non-hydrogen) atoms. The lowest BCUT2D eigenvalue weighted by Gasteiger charge is -2.26. The van der Waals surface area contributed by atoms with E-state index < -0.39 is 5.97 Å². The first-order chi connectivity index (χ1) is 11.0. The van der Waals surface area contributed by atoms with Gasteiger partial charge in [-0.1, -0.05) is 5.16 Å². The fourth-order valence-corrected chi connectivity index (χ4v) is 3.14. The van der Waals surface area contributed by atoms with Gasteiger partial charge in [-0.25, -0.2) is 4.98 Å². The summed E-state index contributed by atoms with van der Waals surface area (Å²) >= 11 is 0. The van der Waals surface area contributed by atoms with Crippen molar-refractivity contribution in [3.63, 3.8) is 0 Å². The Bertz CT molecular complexity index is 760. The Labute approximate surface area is 133 Å².